The van der Waals surface area contributed by atoms with Crippen LogP contribution in [0.3, 0.4) is 0 Å². The van der Waals surface area contributed by atoms with E-state index in [0.717, 1.165) is 31.2 Å². The Morgan fingerprint density at radius 3 is 2.23 bits per heavy atom. The van der Waals surface area contributed by atoms with Crippen LogP contribution in [0.5, 0.6) is 0 Å². The third kappa shape index (κ3) is 2.88. The van der Waals surface area contributed by atoms with Gasteiger partial charge in [0.25, 0.3) is 0 Å². The highest BCUT2D eigenvalue weighted by atomic mass is 32.2. The van der Waals surface area contributed by atoms with Gasteiger partial charge in [-0.1, -0.05) is 61.4 Å². The molecule has 138 valence electrons. The van der Waals surface area contributed by atoms with E-state index in [1.807, 2.05) is 36.4 Å². The second-order valence-corrected chi connectivity index (χ2v) is 9.32. The maximum absolute atomic E-state index is 13.2. The fourth-order valence-electron chi connectivity index (χ4n) is 4.76. The van der Waals surface area contributed by atoms with Gasteiger partial charge in [0.05, 0.1) is 10.5 Å². The topological polar surface area (TPSA) is 57.6 Å². The summed E-state index contributed by atoms with van der Waals surface area (Å²) in [5.74, 6) is -0.0640. The summed E-state index contributed by atoms with van der Waals surface area (Å²) < 4.78 is 28.1. The van der Waals surface area contributed by atoms with E-state index in [2.05, 4.69) is 0 Å². The molecule has 26 heavy (non-hydrogen) atoms. The van der Waals surface area contributed by atoms with Crippen molar-refractivity contribution < 1.29 is 13.5 Å². The Hall–Kier alpha value is -1.69. The number of aliphatic hydroxyl groups is 1. The van der Waals surface area contributed by atoms with Crippen molar-refractivity contribution in [2.45, 2.75) is 48.6 Å². The zero-order valence-corrected chi connectivity index (χ0v) is 15.6. The maximum Gasteiger partial charge on any atom is 0.243 e. The van der Waals surface area contributed by atoms with Gasteiger partial charge in [0.15, 0.2) is 0 Å². The number of fused-ring (bicyclic) bond motifs is 1. The second-order valence-electron chi connectivity index (χ2n) is 7.43. The summed E-state index contributed by atoms with van der Waals surface area (Å²) in [6, 6.07) is 18.3. The van der Waals surface area contributed by atoms with Crippen molar-refractivity contribution in [3.05, 3.63) is 66.2 Å². The van der Waals surface area contributed by atoms with Crippen LogP contribution in [-0.4, -0.2) is 30.4 Å². The molecule has 4 rings (SSSR count). The molecule has 0 amide bonds. The molecule has 1 aliphatic carbocycles. The molecule has 2 fully saturated rings. The van der Waals surface area contributed by atoms with Crippen molar-refractivity contribution in [1.29, 1.82) is 0 Å². The third-order valence-corrected chi connectivity index (χ3v) is 7.99. The molecular weight excluding hydrogens is 346 g/mol. The summed E-state index contributed by atoms with van der Waals surface area (Å²) >= 11 is 0. The molecule has 1 heterocycles. The van der Waals surface area contributed by atoms with Crippen LogP contribution in [0.1, 0.15) is 37.7 Å². The minimum Gasteiger partial charge on any atom is -0.385 e. The standard InChI is InChI=1S/C21H25NO3S/c23-21(17-9-3-1-4-10-17)15-16-22(20-14-8-7-13-19(20)21)26(24,25)18-11-5-2-6-12-18/h1-6,9-12,19-20,23H,7-8,13-16H2/t19-,20-,21+/m1/s1. The molecule has 4 nitrogen and oxygen atoms in total. The van der Waals surface area contributed by atoms with Gasteiger partial charge < -0.3 is 5.11 Å². The molecule has 1 N–H and O–H groups in total. The van der Waals surface area contributed by atoms with Gasteiger partial charge in [-0.05, 0) is 37.0 Å². The lowest BCUT2D eigenvalue weighted by molar-refractivity contribution is -0.100. The van der Waals surface area contributed by atoms with Crippen molar-refractivity contribution in [2.24, 2.45) is 5.92 Å². The Balaban J connectivity index is 1.72. The van der Waals surface area contributed by atoms with Gasteiger partial charge in [0, 0.05) is 18.5 Å². The minimum absolute atomic E-state index is 0.0640. The summed E-state index contributed by atoms with van der Waals surface area (Å²) in [6.45, 7) is 0.351. The first-order valence-electron chi connectivity index (χ1n) is 9.38. The Morgan fingerprint density at radius 1 is 0.923 bits per heavy atom. The van der Waals surface area contributed by atoms with Crippen LogP contribution < -0.4 is 0 Å². The predicted molar refractivity (Wildman–Crippen MR) is 101 cm³/mol. The molecule has 2 aromatic carbocycles. The molecule has 0 bridgehead atoms. The van der Waals surface area contributed by atoms with Crippen LogP contribution >= 0.6 is 0 Å². The van der Waals surface area contributed by atoms with E-state index in [0.29, 0.717) is 17.9 Å². The van der Waals surface area contributed by atoms with Crippen molar-refractivity contribution in [3.63, 3.8) is 0 Å². The summed E-state index contributed by atoms with van der Waals surface area (Å²) in [5.41, 5.74) is -0.0386. The second kappa shape index (κ2) is 6.80. The van der Waals surface area contributed by atoms with E-state index < -0.39 is 15.6 Å². The number of hydrogen-bond donors (Lipinski definition) is 1. The summed E-state index contributed by atoms with van der Waals surface area (Å²) in [4.78, 5) is 0.342. The van der Waals surface area contributed by atoms with Crippen molar-refractivity contribution >= 4 is 10.0 Å². The lowest BCUT2D eigenvalue weighted by Gasteiger charge is -2.51. The van der Waals surface area contributed by atoms with Crippen molar-refractivity contribution in [2.75, 3.05) is 6.54 Å². The normalized spacial score (nSPS) is 29.9. The van der Waals surface area contributed by atoms with E-state index in [9.17, 15) is 13.5 Å². The molecule has 5 heteroatoms. The summed E-state index contributed by atoms with van der Waals surface area (Å²) in [7, 11) is -3.54. The SMILES string of the molecule is O=S(=O)(c1ccccc1)N1CC[C@](O)(c2ccccc2)[C@@H]2CCCC[C@H]21. The number of rotatable bonds is 3. The molecule has 1 saturated carbocycles. The monoisotopic (exact) mass is 371 g/mol. The third-order valence-electron chi connectivity index (χ3n) is 6.05. The summed E-state index contributed by atoms with van der Waals surface area (Å²) in [5, 5.41) is 11.6. The molecule has 0 spiro atoms. The van der Waals surface area contributed by atoms with Crippen molar-refractivity contribution in [1.82, 2.24) is 4.31 Å². The number of benzene rings is 2. The molecule has 3 atom stereocenters. The number of nitrogens with zero attached hydrogens (tertiary/aromatic N) is 1. The van der Waals surface area contributed by atoms with E-state index in [-0.39, 0.29) is 12.0 Å². The van der Waals surface area contributed by atoms with Gasteiger partial charge in [-0.15, -0.1) is 0 Å². The predicted octanol–water partition coefficient (Wildman–Crippen LogP) is 3.53. The van der Waals surface area contributed by atoms with Gasteiger partial charge >= 0.3 is 0 Å². The van der Waals surface area contributed by atoms with Gasteiger partial charge in [0.1, 0.15) is 0 Å². The van der Waals surface area contributed by atoms with Crippen LogP contribution in [0.25, 0.3) is 0 Å². The highest BCUT2D eigenvalue weighted by Gasteiger charge is 2.52. The summed E-state index contributed by atoms with van der Waals surface area (Å²) in [6.07, 6.45) is 4.15. The van der Waals surface area contributed by atoms with Gasteiger partial charge in [-0.25, -0.2) is 8.42 Å². The van der Waals surface area contributed by atoms with Crippen LogP contribution in [-0.2, 0) is 15.6 Å². The average molecular weight is 372 g/mol. The molecule has 1 aliphatic heterocycles. The van der Waals surface area contributed by atoms with Crippen LogP contribution in [0.15, 0.2) is 65.6 Å². The van der Waals surface area contributed by atoms with Crippen LogP contribution in [0.2, 0.25) is 0 Å². The van der Waals surface area contributed by atoms with E-state index in [4.69, 9.17) is 0 Å². The van der Waals surface area contributed by atoms with E-state index in [1.54, 1.807) is 28.6 Å². The van der Waals surface area contributed by atoms with E-state index >= 15 is 0 Å². The lowest BCUT2D eigenvalue weighted by atomic mass is 9.67. The largest absolute Gasteiger partial charge is 0.385 e. The Morgan fingerprint density at radius 2 is 1.54 bits per heavy atom. The molecule has 2 aromatic rings. The number of sulfonamides is 1. The molecule has 0 radical (unpaired) electrons. The number of piperidine rings is 1. The highest BCUT2D eigenvalue weighted by Crippen LogP contribution is 2.48. The molecule has 0 aromatic heterocycles. The van der Waals surface area contributed by atoms with Crippen molar-refractivity contribution in [3.8, 4) is 0 Å². The molecule has 1 saturated heterocycles. The Labute approximate surface area is 155 Å². The van der Waals surface area contributed by atoms with Gasteiger partial charge in [-0.3, -0.25) is 0 Å². The fraction of sp³-hybridized carbons (Fsp3) is 0.429. The quantitative estimate of drug-likeness (QED) is 0.898. The Kier molecular flexibility index (Phi) is 4.63. The van der Waals surface area contributed by atoms with Gasteiger partial charge in [0.2, 0.25) is 10.0 Å². The number of hydrogen-bond acceptors (Lipinski definition) is 3. The first-order chi connectivity index (χ1) is 12.5. The first kappa shape index (κ1) is 17.7. The van der Waals surface area contributed by atoms with Gasteiger partial charge in [-0.2, -0.15) is 4.31 Å². The zero-order chi connectivity index (χ0) is 18.2. The molecule has 0 unspecified atom stereocenters. The Bertz CT molecular complexity index is 853. The zero-order valence-electron chi connectivity index (χ0n) is 14.8. The highest BCUT2D eigenvalue weighted by molar-refractivity contribution is 7.89. The smallest absolute Gasteiger partial charge is 0.243 e. The molecule has 2 aliphatic rings. The van der Waals surface area contributed by atoms with E-state index in [1.165, 1.54) is 0 Å². The maximum atomic E-state index is 13.2. The lowest BCUT2D eigenvalue weighted by Crippen LogP contribution is -2.58. The molecular formula is C21H25NO3S. The minimum atomic E-state index is -3.54. The first-order valence-corrected chi connectivity index (χ1v) is 10.8. The average Bonchev–Trinajstić information content (AvgIpc) is 2.69. The fourth-order valence-corrected chi connectivity index (χ4v) is 6.47. The van der Waals surface area contributed by atoms with Crippen LogP contribution in [0, 0.1) is 5.92 Å². The van der Waals surface area contributed by atoms with Crippen LogP contribution in [0.4, 0.5) is 0 Å².